The maximum Gasteiger partial charge on any atom is 0.416 e. The fourth-order valence-corrected chi connectivity index (χ4v) is 3.45. The highest BCUT2D eigenvalue weighted by molar-refractivity contribution is 5.93. The van der Waals surface area contributed by atoms with Crippen LogP contribution in [0.1, 0.15) is 31.0 Å². The van der Waals surface area contributed by atoms with E-state index in [1.165, 1.54) is 24.5 Å². The lowest BCUT2D eigenvalue weighted by Gasteiger charge is -2.17. The summed E-state index contributed by atoms with van der Waals surface area (Å²) in [6.45, 7) is 3.84. The quantitative estimate of drug-likeness (QED) is 0.323. The van der Waals surface area contributed by atoms with Crippen LogP contribution in [0.25, 0.3) is 22.4 Å². The molecule has 0 aliphatic rings. The molecule has 0 aliphatic heterocycles. The number of benzene rings is 2. The second kappa shape index (κ2) is 8.19. The van der Waals surface area contributed by atoms with Gasteiger partial charge in [-0.2, -0.15) is 26.3 Å². The van der Waals surface area contributed by atoms with Crippen molar-refractivity contribution in [3.63, 3.8) is 0 Å². The van der Waals surface area contributed by atoms with Crippen molar-refractivity contribution in [2.45, 2.75) is 32.2 Å². The van der Waals surface area contributed by atoms with E-state index in [-0.39, 0.29) is 29.2 Å². The van der Waals surface area contributed by atoms with Gasteiger partial charge in [0.1, 0.15) is 23.3 Å². The molecular weight excluding hydrogens is 464 g/mol. The summed E-state index contributed by atoms with van der Waals surface area (Å²) in [5.41, 5.74) is -1.90. The molecule has 0 saturated carbocycles. The minimum Gasteiger partial charge on any atom is -0.508 e. The molecule has 0 fully saturated rings. The number of nitrogens with zero attached hydrogens (tertiary/aromatic N) is 4. The summed E-state index contributed by atoms with van der Waals surface area (Å²) in [5.74, 6) is -0.257. The van der Waals surface area contributed by atoms with E-state index < -0.39 is 29.2 Å². The highest BCUT2D eigenvalue weighted by Crippen LogP contribution is 2.40. The van der Waals surface area contributed by atoms with Crippen molar-refractivity contribution in [2.24, 2.45) is 0 Å². The Kier molecular flexibility index (Phi) is 5.62. The average molecular weight is 481 g/mol. The second-order valence-electron chi connectivity index (χ2n) is 7.79. The first-order valence-electron chi connectivity index (χ1n) is 9.92. The normalized spacial score (nSPS) is 12.5. The fourth-order valence-electron chi connectivity index (χ4n) is 3.45. The number of hydrogen-bond donors (Lipinski definition) is 2. The van der Waals surface area contributed by atoms with Crippen molar-refractivity contribution in [2.75, 3.05) is 5.32 Å². The van der Waals surface area contributed by atoms with Gasteiger partial charge in [0.2, 0.25) is 0 Å². The summed E-state index contributed by atoms with van der Waals surface area (Å²) < 4.78 is 81.4. The molecule has 2 aromatic heterocycles. The van der Waals surface area contributed by atoms with E-state index >= 15 is 0 Å². The largest absolute Gasteiger partial charge is 0.508 e. The first-order chi connectivity index (χ1) is 15.8. The number of phenols is 1. The Morgan fingerprint density at radius 1 is 0.882 bits per heavy atom. The van der Waals surface area contributed by atoms with Crippen molar-refractivity contribution in [1.82, 2.24) is 19.5 Å². The molecule has 34 heavy (non-hydrogen) atoms. The number of imidazole rings is 1. The summed E-state index contributed by atoms with van der Waals surface area (Å²) in [6, 6.07) is 5.12. The molecule has 4 rings (SSSR count). The van der Waals surface area contributed by atoms with Crippen LogP contribution in [0, 0.1) is 0 Å². The van der Waals surface area contributed by atoms with Crippen LogP contribution < -0.4 is 5.32 Å². The van der Waals surface area contributed by atoms with Crippen LogP contribution in [0.15, 0.2) is 49.1 Å². The number of hydrogen-bond acceptors (Lipinski definition) is 5. The number of anilines is 2. The average Bonchev–Trinajstić information content (AvgIpc) is 3.17. The Balaban J connectivity index is 1.87. The fraction of sp³-hybridized carbons (Fsp3) is 0.227. The lowest BCUT2D eigenvalue weighted by molar-refractivity contribution is -0.143. The summed E-state index contributed by atoms with van der Waals surface area (Å²) in [4.78, 5) is 12.8. The lowest BCUT2D eigenvalue weighted by atomic mass is 10.1. The third-order valence-corrected chi connectivity index (χ3v) is 5.04. The van der Waals surface area contributed by atoms with E-state index in [4.69, 9.17) is 0 Å². The monoisotopic (exact) mass is 481 g/mol. The van der Waals surface area contributed by atoms with Crippen LogP contribution in [0.3, 0.4) is 0 Å². The second-order valence-corrected chi connectivity index (χ2v) is 7.79. The highest BCUT2D eigenvalue weighted by atomic mass is 19.4. The molecule has 0 bridgehead atoms. The molecule has 0 amide bonds. The summed E-state index contributed by atoms with van der Waals surface area (Å²) in [7, 11) is 0. The molecule has 2 aromatic carbocycles. The van der Waals surface area contributed by atoms with Crippen molar-refractivity contribution >= 4 is 22.5 Å². The molecule has 0 aliphatic carbocycles. The van der Waals surface area contributed by atoms with Gasteiger partial charge in [0.25, 0.3) is 0 Å². The van der Waals surface area contributed by atoms with E-state index in [2.05, 4.69) is 20.3 Å². The standard InChI is InChI=1S/C22H17F6N5O/c1-11(2)33-10-31-19-18(29-9-30-20(19)33)16-4-3-15(34)8-17(16)32-14-6-12(21(23,24)25)5-13(7-14)22(26,27)28/h3-11,32,34H,1-2H3. The molecule has 6 nitrogen and oxygen atoms in total. The molecule has 178 valence electrons. The number of halogens is 6. The van der Waals surface area contributed by atoms with Gasteiger partial charge in [0.05, 0.1) is 23.1 Å². The lowest BCUT2D eigenvalue weighted by Crippen LogP contribution is -2.11. The van der Waals surface area contributed by atoms with Gasteiger partial charge in [0.15, 0.2) is 5.65 Å². The van der Waals surface area contributed by atoms with Gasteiger partial charge in [-0.1, -0.05) is 0 Å². The smallest absolute Gasteiger partial charge is 0.416 e. The van der Waals surface area contributed by atoms with E-state index in [1.54, 1.807) is 10.9 Å². The summed E-state index contributed by atoms with van der Waals surface area (Å²) in [5, 5.41) is 12.5. The molecule has 0 spiro atoms. The number of aromatic hydroxyl groups is 1. The number of alkyl halides is 6. The molecule has 12 heteroatoms. The topological polar surface area (TPSA) is 75.9 Å². The van der Waals surface area contributed by atoms with E-state index in [0.717, 1.165) is 0 Å². The van der Waals surface area contributed by atoms with Crippen molar-refractivity contribution in [3.8, 4) is 17.0 Å². The number of nitrogens with one attached hydrogen (secondary N) is 1. The maximum absolute atomic E-state index is 13.3. The van der Waals surface area contributed by atoms with Crippen LogP contribution >= 0.6 is 0 Å². The molecule has 0 radical (unpaired) electrons. The van der Waals surface area contributed by atoms with Gasteiger partial charge < -0.3 is 15.0 Å². The Labute approximate surface area is 188 Å². The Morgan fingerprint density at radius 3 is 2.12 bits per heavy atom. The molecule has 2 N–H and O–H groups in total. The first-order valence-corrected chi connectivity index (χ1v) is 9.92. The number of phenolic OH excluding ortho intramolecular Hbond substituents is 1. The Bertz CT molecular complexity index is 1330. The van der Waals surface area contributed by atoms with Crippen LogP contribution in [0.2, 0.25) is 0 Å². The Hall–Kier alpha value is -3.83. The van der Waals surface area contributed by atoms with E-state index in [0.29, 0.717) is 28.9 Å². The predicted octanol–water partition coefficient (Wildman–Crippen LogP) is 6.56. The summed E-state index contributed by atoms with van der Waals surface area (Å²) in [6.07, 6.45) is -7.16. The number of fused-ring (bicyclic) bond motifs is 1. The summed E-state index contributed by atoms with van der Waals surface area (Å²) >= 11 is 0. The van der Waals surface area contributed by atoms with Crippen molar-refractivity contribution in [3.05, 3.63) is 60.2 Å². The molecule has 2 heterocycles. The van der Waals surface area contributed by atoms with Gasteiger partial charge in [-0.25, -0.2) is 15.0 Å². The van der Waals surface area contributed by atoms with Crippen molar-refractivity contribution < 1.29 is 31.4 Å². The highest BCUT2D eigenvalue weighted by Gasteiger charge is 2.37. The maximum atomic E-state index is 13.3. The Morgan fingerprint density at radius 2 is 1.53 bits per heavy atom. The van der Waals surface area contributed by atoms with Crippen LogP contribution in [0.4, 0.5) is 37.7 Å². The zero-order valence-electron chi connectivity index (χ0n) is 17.7. The number of rotatable bonds is 4. The van der Waals surface area contributed by atoms with E-state index in [9.17, 15) is 31.4 Å². The third kappa shape index (κ3) is 4.47. The van der Waals surface area contributed by atoms with Gasteiger partial charge in [-0.05, 0) is 44.2 Å². The first kappa shape index (κ1) is 23.3. The minimum atomic E-state index is -5.00. The van der Waals surface area contributed by atoms with Gasteiger partial charge in [-0.15, -0.1) is 0 Å². The molecule has 0 saturated heterocycles. The van der Waals surface area contributed by atoms with Crippen molar-refractivity contribution in [1.29, 1.82) is 0 Å². The van der Waals surface area contributed by atoms with Gasteiger partial charge >= 0.3 is 12.4 Å². The molecular formula is C22H17F6N5O. The van der Waals surface area contributed by atoms with Crippen LogP contribution in [-0.4, -0.2) is 24.6 Å². The van der Waals surface area contributed by atoms with Gasteiger partial charge in [0, 0.05) is 23.4 Å². The minimum absolute atomic E-state index is 0.0241. The number of aromatic nitrogens is 4. The van der Waals surface area contributed by atoms with E-state index in [1.807, 2.05) is 13.8 Å². The zero-order valence-corrected chi connectivity index (χ0v) is 17.7. The van der Waals surface area contributed by atoms with Gasteiger partial charge in [-0.3, -0.25) is 0 Å². The third-order valence-electron chi connectivity index (χ3n) is 5.04. The molecule has 0 atom stereocenters. The molecule has 4 aromatic rings. The zero-order chi connectivity index (χ0) is 24.8. The van der Waals surface area contributed by atoms with Crippen LogP contribution in [0.5, 0.6) is 5.75 Å². The predicted molar refractivity (Wildman–Crippen MR) is 113 cm³/mol. The van der Waals surface area contributed by atoms with Crippen LogP contribution in [-0.2, 0) is 12.4 Å². The molecule has 0 unspecified atom stereocenters. The SMILES string of the molecule is CC(C)n1cnc2c(-c3ccc(O)cc3Nc3cc(C(F)(F)F)cc(C(F)(F)F)c3)ncnc21.